The zero-order valence-electron chi connectivity index (χ0n) is 36.7. The Labute approximate surface area is 362 Å². The summed E-state index contributed by atoms with van der Waals surface area (Å²) in [6.07, 6.45) is 8.43. The molecule has 0 spiro atoms. The molecule has 0 fully saturated rings. The van der Waals surface area contributed by atoms with Crippen LogP contribution in [0.15, 0.2) is 59.6 Å². The molecular formula is C46H70N4O7S2. The number of carbonyl (C=O) groups is 2. The van der Waals surface area contributed by atoms with E-state index >= 15 is 0 Å². The Morgan fingerprint density at radius 2 is 1.78 bits per heavy atom. The highest BCUT2D eigenvalue weighted by molar-refractivity contribution is 8.00. The Hall–Kier alpha value is -3.23. The van der Waals surface area contributed by atoms with Gasteiger partial charge in [0.2, 0.25) is 18.6 Å². The smallest absolute Gasteiger partial charge is 0.231 e. The van der Waals surface area contributed by atoms with Gasteiger partial charge in [-0.05, 0) is 80.7 Å². The van der Waals surface area contributed by atoms with Crippen molar-refractivity contribution in [1.29, 1.82) is 0 Å². The van der Waals surface area contributed by atoms with Crippen molar-refractivity contribution >= 4 is 46.9 Å². The van der Waals surface area contributed by atoms with Gasteiger partial charge in [0, 0.05) is 62.1 Å². The summed E-state index contributed by atoms with van der Waals surface area (Å²) in [5, 5.41) is 10.2. The summed E-state index contributed by atoms with van der Waals surface area (Å²) in [6.45, 7) is 17.5. The maximum absolute atomic E-state index is 13.1. The highest BCUT2D eigenvalue weighted by Crippen LogP contribution is 2.42. The molecule has 3 N–H and O–H groups in total. The van der Waals surface area contributed by atoms with Crippen molar-refractivity contribution in [3.63, 3.8) is 0 Å². The predicted molar refractivity (Wildman–Crippen MR) is 243 cm³/mol. The SMILES string of the molecule is CCCC(C)SCC(=O)NC(CCC(=O)NCC(C)(C)CCCCOC1=NC(c2ccccc2)=CC(C)(c2ccc3c(c2)OCO3)C1)CNC(CSC(C)OCC)OC. The number of fused-ring (bicyclic) bond motifs is 1. The minimum Gasteiger partial charge on any atom is -0.481 e. The fourth-order valence-electron chi connectivity index (χ4n) is 7.06. The van der Waals surface area contributed by atoms with Crippen molar-refractivity contribution in [3.05, 3.63) is 65.7 Å². The van der Waals surface area contributed by atoms with Gasteiger partial charge in [0.05, 0.1) is 18.1 Å². The number of ether oxygens (including phenoxy) is 5. The van der Waals surface area contributed by atoms with Gasteiger partial charge in [0.25, 0.3) is 0 Å². The van der Waals surface area contributed by atoms with Gasteiger partial charge in [-0.15, -0.1) is 23.5 Å². The molecule has 13 heteroatoms. The number of thioether (sulfide) groups is 2. The first-order valence-corrected chi connectivity index (χ1v) is 23.5. The topological polar surface area (TPSA) is 129 Å². The van der Waals surface area contributed by atoms with Crippen molar-refractivity contribution < 1.29 is 33.3 Å². The van der Waals surface area contributed by atoms with Crippen molar-refractivity contribution in [3.8, 4) is 11.5 Å². The van der Waals surface area contributed by atoms with Crippen molar-refractivity contribution in [2.24, 2.45) is 10.4 Å². The quantitative estimate of drug-likeness (QED) is 0.0593. The molecule has 2 aliphatic rings. The van der Waals surface area contributed by atoms with Crippen LogP contribution in [0.25, 0.3) is 5.70 Å². The van der Waals surface area contributed by atoms with E-state index in [9.17, 15) is 9.59 Å². The van der Waals surface area contributed by atoms with E-state index in [4.69, 9.17) is 28.7 Å². The Morgan fingerprint density at radius 1 is 1.00 bits per heavy atom. The molecule has 2 amide bonds. The van der Waals surface area contributed by atoms with E-state index < -0.39 is 0 Å². The van der Waals surface area contributed by atoms with E-state index in [1.54, 1.807) is 30.6 Å². The molecule has 0 saturated heterocycles. The van der Waals surface area contributed by atoms with Crippen LogP contribution in [0, 0.1) is 5.41 Å². The molecule has 5 unspecified atom stereocenters. The molecule has 0 aromatic heterocycles. The molecule has 4 rings (SSSR count). The van der Waals surface area contributed by atoms with Gasteiger partial charge in [-0.3, -0.25) is 14.9 Å². The fourth-order valence-corrected chi connectivity index (χ4v) is 8.91. The second-order valence-electron chi connectivity index (χ2n) is 16.5. The van der Waals surface area contributed by atoms with Crippen LogP contribution in [0.4, 0.5) is 0 Å². The van der Waals surface area contributed by atoms with Gasteiger partial charge in [-0.2, -0.15) is 0 Å². The maximum atomic E-state index is 13.1. The summed E-state index contributed by atoms with van der Waals surface area (Å²) in [7, 11) is 1.67. The lowest BCUT2D eigenvalue weighted by atomic mass is 9.77. The minimum absolute atomic E-state index is 0.00837. The monoisotopic (exact) mass is 854 g/mol. The van der Waals surface area contributed by atoms with Gasteiger partial charge in [0.15, 0.2) is 17.4 Å². The molecule has 11 nitrogen and oxygen atoms in total. The third kappa shape index (κ3) is 17.0. The fraction of sp³-hybridized carbons (Fsp3) is 0.630. The Bertz CT molecular complexity index is 1660. The molecule has 2 aliphatic heterocycles. The number of rotatable bonds is 27. The number of unbranched alkanes of at least 4 members (excludes halogenated alkanes) is 1. The van der Waals surface area contributed by atoms with E-state index in [0.717, 1.165) is 66.3 Å². The Kier molecular flexibility index (Phi) is 20.4. The summed E-state index contributed by atoms with van der Waals surface area (Å²) >= 11 is 3.34. The minimum atomic E-state index is -0.342. The second kappa shape index (κ2) is 24.9. The Balaban J connectivity index is 1.23. The largest absolute Gasteiger partial charge is 0.481 e. The predicted octanol–water partition coefficient (Wildman–Crippen LogP) is 8.71. The van der Waals surface area contributed by atoms with Crippen LogP contribution in [0.1, 0.15) is 111 Å². The molecule has 5 atom stereocenters. The van der Waals surface area contributed by atoms with E-state index in [2.05, 4.69) is 80.9 Å². The van der Waals surface area contributed by atoms with Crippen LogP contribution in [0.2, 0.25) is 0 Å². The molecule has 2 aromatic carbocycles. The number of aliphatic imine (C=N–C) groups is 1. The van der Waals surface area contributed by atoms with Gasteiger partial charge < -0.3 is 34.3 Å². The number of nitrogens with zero attached hydrogens (tertiary/aromatic N) is 1. The summed E-state index contributed by atoms with van der Waals surface area (Å²) in [5.74, 6) is 3.33. The van der Waals surface area contributed by atoms with Crippen molar-refractivity contribution in [2.75, 3.05) is 51.7 Å². The first kappa shape index (κ1) is 48.4. The number of allylic oxidation sites excluding steroid dienone is 1. The van der Waals surface area contributed by atoms with Crippen LogP contribution in [-0.4, -0.2) is 92.4 Å². The number of methoxy groups -OCH3 is 1. The third-order valence-electron chi connectivity index (χ3n) is 10.6. The van der Waals surface area contributed by atoms with Crippen molar-refractivity contribution in [2.45, 2.75) is 128 Å². The Morgan fingerprint density at radius 3 is 2.53 bits per heavy atom. The lowest BCUT2D eigenvalue weighted by molar-refractivity contribution is -0.123. The van der Waals surface area contributed by atoms with Crippen LogP contribution >= 0.6 is 23.5 Å². The molecule has 0 saturated carbocycles. The van der Waals surface area contributed by atoms with Gasteiger partial charge in [-0.25, -0.2) is 4.99 Å². The van der Waals surface area contributed by atoms with Crippen LogP contribution in [0.5, 0.6) is 11.5 Å². The number of benzene rings is 2. The average Bonchev–Trinajstić information content (AvgIpc) is 3.70. The van der Waals surface area contributed by atoms with E-state index in [-0.39, 0.29) is 47.1 Å². The molecule has 2 aromatic rings. The lowest BCUT2D eigenvalue weighted by Crippen LogP contribution is -2.47. The average molecular weight is 855 g/mol. The first-order valence-electron chi connectivity index (χ1n) is 21.4. The number of hydrogen-bond acceptors (Lipinski definition) is 11. The zero-order chi connectivity index (χ0) is 42.7. The zero-order valence-corrected chi connectivity index (χ0v) is 38.4. The first-order chi connectivity index (χ1) is 28.3. The van der Waals surface area contributed by atoms with Gasteiger partial charge in [0.1, 0.15) is 11.7 Å². The molecule has 0 aliphatic carbocycles. The molecule has 0 bridgehead atoms. The second-order valence-corrected chi connectivity index (χ2v) is 19.3. The van der Waals surface area contributed by atoms with Crippen LogP contribution < -0.4 is 25.4 Å². The molecule has 2 heterocycles. The number of hydrogen-bond donors (Lipinski definition) is 3. The molecule has 59 heavy (non-hydrogen) atoms. The van der Waals surface area contributed by atoms with E-state index in [1.807, 2.05) is 38.1 Å². The highest BCUT2D eigenvalue weighted by atomic mass is 32.2. The molecule has 0 radical (unpaired) electrons. The highest BCUT2D eigenvalue weighted by Gasteiger charge is 2.33. The summed E-state index contributed by atoms with van der Waals surface area (Å²) < 4.78 is 29.0. The summed E-state index contributed by atoms with van der Waals surface area (Å²) in [5.41, 5.74) is 2.69. The summed E-state index contributed by atoms with van der Waals surface area (Å²) in [4.78, 5) is 31.1. The van der Waals surface area contributed by atoms with Crippen molar-refractivity contribution in [1.82, 2.24) is 16.0 Å². The molecular weight excluding hydrogens is 785 g/mol. The number of carbonyl (C=O) groups excluding carboxylic acids is 2. The summed E-state index contributed by atoms with van der Waals surface area (Å²) in [6, 6.07) is 16.2. The standard InChI is InChI=1S/C46H70N4O7S2/c1-9-16-33(3)58-29-42(52)49-37(28-47-44(53-8)30-59-34(4)54-10-2)20-22-41(51)48-31-45(5,6)23-14-15-24-55-43-27-46(7,26-38(50-43)35-17-12-11-13-18-35)36-19-21-39-40(25-36)57-32-56-39/h11-13,17-19,21,25-26,33-34,37,44,47H,9-10,14-16,20,22-24,27-32H2,1-8H3,(H,48,51)(H,49,52). The van der Waals surface area contributed by atoms with Gasteiger partial charge >= 0.3 is 0 Å². The number of nitrogens with one attached hydrogen (secondary N) is 3. The maximum Gasteiger partial charge on any atom is 0.231 e. The third-order valence-corrected chi connectivity index (χ3v) is 13.0. The van der Waals surface area contributed by atoms with Crippen LogP contribution in [-0.2, 0) is 29.2 Å². The van der Waals surface area contributed by atoms with Crippen LogP contribution in [0.3, 0.4) is 0 Å². The number of amides is 2. The van der Waals surface area contributed by atoms with Gasteiger partial charge in [-0.1, -0.05) is 77.4 Å². The normalized spacial score (nSPS) is 18.3. The lowest BCUT2D eigenvalue weighted by Gasteiger charge is -2.31. The van der Waals surface area contributed by atoms with E-state index in [0.29, 0.717) is 62.3 Å². The molecule has 328 valence electrons. The van der Waals surface area contributed by atoms with E-state index in [1.165, 1.54) is 0 Å².